The number of pyridine rings is 1. The van der Waals surface area contributed by atoms with Crippen LogP contribution in [0, 0.1) is 20.8 Å². The second-order valence-corrected chi connectivity index (χ2v) is 7.74. The Morgan fingerprint density at radius 2 is 1.83 bits per heavy atom. The van der Waals surface area contributed by atoms with Crippen molar-refractivity contribution < 1.29 is 4.79 Å². The van der Waals surface area contributed by atoms with Gasteiger partial charge < -0.3 is 5.32 Å². The molecule has 29 heavy (non-hydrogen) atoms. The fourth-order valence-electron chi connectivity index (χ4n) is 3.19. The van der Waals surface area contributed by atoms with Gasteiger partial charge in [0.1, 0.15) is 5.69 Å². The lowest BCUT2D eigenvalue weighted by atomic mass is 10.1. The Morgan fingerprint density at radius 1 is 1.03 bits per heavy atom. The number of nitrogens with one attached hydrogen (secondary N) is 1. The molecule has 8 heteroatoms. The third-order valence-corrected chi connectivity index (χ3v) is 5.35. The molecule has 3 aromatic heterocycles. The standard InChI is InChI=1S/C21H20N6OS/c1-13-10-14(2)20(15(3)11-13)23-19(28)12-29-21-25-24-18-8-7-17(26-27(18)21)16-6-4-5-9-22-16/h4-11H,12H2,1-3H3,(H,23,28). The number of hydrogen-bond donors (Lipinski definition) is 1. The first-order chi connectivity index (χ1) is 14.0. The van der Waals surface area contributed by atoms with E-state index in [1.807, 2.05) is 51.1 Å². The molecule has 0 saturated heterocycles. The summed E-state index contributed by atoms with van der Waals surface area (Å²) in [4.78, 5) is 16.8. The number of hydrogen-bond acceptors (Lipinski definition) is 6. The van der Waals surface area contributed by atoms with Crippen LogP contribution in [-0.4, -0.2) is 36.5 Å². The van der Waals surface area contributed by atoms with E-state index in [0.29, 0.717) is 10.8 Å². The molecule has 0 bridgehead atoms. The van der Waals surface area contributed by atoms with Crippen molar-refractivity contribution in [2.75, 3.05) is 11.1 Å². The quantitative estimate of drug-likeness (QED) is 0.509. The van der Waals surface area contributed by atoms with E-state index in [1.165, 1.54) is 17.3 Å². The molecule has 0 radical (unpaired) electrons. The molecular formula is C21H20N6OS. The summed E-state index contributed by atoms with van der Waals surface area (Å²) in [6.45, 7) is 6.04. The zero-order valence-corrected chi connectivity index (χ0v) is 17.2. The van der Waals surface area contributed by atoms with Gasteiger partial charge in [-0.15, -0.1) is 10.2 Å². The van der Waals surface area contributed by atoms with Crippen LogP contribution in [0.5, 0.6) is 0 Å². The summed E-state index contributed by atoms with van der Waals surface area (Å²) in [5.74, 6) is 0.117. The van der Waals surface area contributed by atoms with Gasteiger partial charge in [-0.1, -0.05) is 35.5 Å². The van der Waals surface area contributed by atoms with Gasteiger partial charge in [0.2, 0.25) is 11.1 Å². The largest absolute Gasteiger partial charge is 0.325 e. The van der Waals surface area contributed by atoms with Crippen molar-refractivity contribution in [3.8, 4) is 11.4 Å². The van der Waals surface area contributed by atoms with E-state index in [-0.39, 0.29) is 11.7 Å². The maximum absolute atomic E-state index is 12.5. The monoisotopic (exact) mass is 404 g/mol. The van der Waals surface area contributed by atoms with E-state index in [1.54, 1.807) is 10.7 Å². The summed E-state index contributed by atoms with van der Waals surface area (Å²) in [7, 11) is 0. The average molecular weight is 404 g/mol. The van der Waals surface area contributed by atoms with Gasteiger partial charge in [0.15, 0.2) is 5.65 Å². The Bertz CT molecular complexity index is 1170. The van der Waals surface area contributed by atoms with E-state index in [4.69, 9.17) is 0 Å². The van der Waals surface area contributed by atoms with Crippen LogP contribution in [-0.2, 0) is 4.79 Å². The molecular weight excluding hydrogens is 384 g/mol. The van der Waals surface area contributed by atoms with Crippen LogP contribution in [0.25, 0.3) is 17.0 Å². The highest BCUT2D eigenvalue weighted by atomic mass is 32.2. The Balaban J connectivity index is 1.50. The maximum atomic E-state index is 12.5. The fourth-order valence-corrected chi connectivity index (χ4v) is 3.88. The van der Waals surface area contributed by atoms with Crippen LogP contribution in [0.2, 0.25) is 0 Å². The lowest BCUT2D eigenvalue weighted by Gasteiger charge is -2.12. The molecule has 146 valence electrons. The van der Waals surface area contributed by atoms with Crippen LogP contribution in [0.15, 0.2) is 53.8 Å². The molecule has 0 aliphatic rings. The Morgan fingerprint density at radius 3 is 2.55 bits per heavy atom. The van der Waals surface area contributed by atoms with E-state index < -0.39 is 0 Å². The summed E-state index contributed by atoms with van der Waals surface area (Å²) < 4.78 is 1.64. The fraction of sp³-hybridized carbons (Fsp3) is 0.190. The third kappa shape index (κ3) is 4.12. The number of aryl methyl sites for hydroxylation is 3. The summed E-state index contributed by atoms with van der Waals surface area (Å²) in [5, 5.41) is 16.4. The van der Waals surface area contributed by atoms with Gasteiger partial charge in [-0.25, -0.2) is 0 Å². The van der Waals surface area contributed by atoms with Crippen LogP contribution < -0.4 is 5.32 Å². The molecule has 0 spiro atoms. The minimum atomic E-state index is -0.0947. The van der Waals surface area contributed by atoms with Crippen molar-refractivity contribution in [2.24, 2.45) is 0 Å². The number of aromatic nitrogens is 5. The SMILES string of the molecule is Cc1cc(C)c(NC(=O)CSc2nnc3ccc(-c4ccccn4)nn23)c(C)c1. The lowest BCUT2D eigenvalue weighted by molar-refractivity contribution is -0.113. The normalized spacial score (nSPS) is 11.0. The number of nitrogens with zero attached hydrogens (tertiary/aromatic N) is 5. The molecule has 1 amide bonds. The van der Waals surface area contributed by atoms with Gasteiger partial charge >= 0.3 is 0 Å². The summed E-state index contributed by atoms with van der Waals surface area (Å²) in [5.41, 5.74) is 6.25. The maximum Gasteiger partial charge on any atom is 0.234 e. The minimum Gasteiger partial charge on any atom is -0.325 e. The molecule has 3 heterocycles. The number of fused-ring (bicyclic) bond motifs is 1. The van der Waals surface area contributed by atoms with Crippen LogP contribution in [0.3, 0.4) is 0 Å². The van der Waals surface area contributed by atoms with Gasteiger partial charge in [0.25, 0.3) is 0 Å². The number of carbonyl (C=O) groups excluding carboxylic acids is 1. The first-order valence-electron chi connectivity index (χ1n) is 9.15. The van der Waals surface area contributed by atoms with Crippen molar-refractivity contribution in [1.82, 2.24) is 24.8 Å². The molecule has 1 N–H and O–H groups in total. The number of benzene rings is 1. The Kier molecular flexibility index (Phi) is 5.26. The lowest BCUT2D eigenvalue weighted by Crippen LogP contribution is -2.16. The van der Waals surface area contributed by atoms with Crippen molar-refractivity contribution in [2.45, 2.75) is 25.9 Å². The van der Waals surface area contributed by atoms with Crippen LogP contribution >= 0.6 is 11.8 Å². The number of thioether (sulfide) groups is 1. The summed E-state index contributed by atoms with van der Waals surface area (Å²) in [6, 6.07) is 13.5. The second-order valence-electron chi connectivity index (χ2n) is 6.80. The summed E-state index contributed by atoms with van der Waals surface area (Å²) >= 11 is 1.30. The van der Waals surface area contributed by atoms with Gasteiger partial charge in [-0.2, -0.15) is 9.61 Å². The van der Waals surface area contributed by atoms with Crippen molar-refractivity contribution >= 4 is 29.0 Å². The molecule has 1 aromatic carbocycles. The topological polar surface area (TPSA) is 85.1 Å². The van der Waals surface area contributed by atoms with Crippen LogP contribution in [0.1, 0.15) is 16.7 Å². The first kappa shape index (κ1) is 19.1. The smallest absolute Gasteiger partial charge is 0.234 e. The molecule has 4 aromatic rings. The Labute approximate surface area is 172 Å². The third-order valence-electron chi connectivity index (χ3n) is 4.44. The zero-order chi connectivity index (χ0) is 20.4. The number of anilines is 1. The van der Waals surface area contributed by atoms with Crippen molar-refractivity contribution in [3.05, 3.63) is 65.4 Å². The first-order valence-corrected chi connectivity index (χ1v) is 10.1. The highest BCUT2D eigenvalue weighted by Gasteiger charge is 2.13. The zero-order valence-electron chi connectivity index (χ0n) is 16.4. The van der Waals surface area contributed by atoms with Gasteiger partial charge in [0.05, 0.1) is 11.4 Å². The molecule has 7 nitrogen and oxygen atoms in total. The predicted octanol–water partition coefficient (Wildman–Crippen LogP) is 3.84. The van der Waals surface area contributed by atoms with Crippen LogP contribution in [0.4, 0.5) is 5.69 Å². The van der Waals surface area contributed by atoms with E-state index >= 15 is 0 Å². The molecule has 0 fully saturated rings. The highest BCUT2D eigenvalue weighted by Crippen LogP contribution is 2.23. The van der Waals surface area contributed by atoms with E-state index in [9.17, 15) is 4.79 Å². The predicted molar refractivity (Wildman–Crippen MR) is 114 cm³/mol. The molecule has 0 aliphatic carbocycles. The minimum absolute atomic E-state index is 0.0947. The molecule has 0 unspecified atom stereocenters. The molecule has 4 rings (SSSR count). The number of carbonyl (C=O) groups is 1. The van der Waals surface area contributed by atoms with E-state index in [2.05, 4.69) is 37.7 Å². The van der Waals surface area contributed by atoms with Gasteiger partial charge in [-0.05, 0) is 56.2 Å². The van der Waals surface area contributed by atoms with Crippen molar-refractivity contribution in [3.63, 3.8) is 0 Å². The van der Waals surface area contributed by atoms with Gasteiger partial charge in [-0.3, -0.25) is 9.78 Å². The molecule has 0 atom stereocenters. The molecule has 0 saturated carbocycles. The Hall–Kier alpha value is -3.26. The second kappa shape index (κ2) is 8.00. The average Bonchev–Trinajstić information content (AvgIpc) is 3.12. The van der Waals surface area contributed by atoms with E-state index in [0.717, 1.165) is 28.2 Å². The molecule has 0 aliphatic heterocycles. The number of rotatable bonds is 5. The number of amides is 1. The van der Waals surface area contributed by atoms with Gasteiger partial charge in [0, 0.05) is 11.9 Å². The summed E-state index contributed by atoms with van der Waals surface area (Å²) in [6.07, 6.45) is 1.72. The highest BCUT2D eigenvalue weighted by molar-refractivity contribution is 7.99. The van der Waals surface area contributed by atoms with Crippen molar-refractivity contribution in [1.29, 1.82) is 0 Å².